The predicted octanol–water partition coefficient (Wildman–Crippen LogP) is 1.63. The fraction of sp³-hybridized carbons (Fsp3) is 0.333. The number of benzene rings is 1. The number of carbonyl (C=O) groups is 1. The van der Waals surface area contributed by atoms with E-state index in [0.29, 0.717) is 36.5 Å². The van der Waals surface area contributed by atoms with E-state index in [-0.39, 0.29) is 18.1 Å². The summed E-state index contributed by atoms with van der Waals surface area (Å²) in [4.78, 5) is 16.9. The number of amides is 1. The SMILES string of the molecule is Cc1ccc(O[C@H]2COCC[C@H]2NC(=O)c2ccc3n[nH]nc3c2)cn1. The minimum atomic E-state index is -0.270. The van der Waals surface area contributed by atoms with Gasteiger partial charge in [0.15, 0.2) is 0 Å². The van der Waals surface area contributed by atoms with Gasteiger partial charge in [-0.25, -0.2) is 0 Å². The quantitative estimate of drug-likeness (QED) is 0.739. The van der Waals surface area contributed by atoms with Crippen LogP contribution in [0.3, 0.4) is 0 Å². The minimum absolute atomic E-state index is 0.148. The van der Waals surface area contributed by atoms with E-state index in [1.165, 1.54) is 0 Å². The first-order chi connectivity index (χ1) is 12.7. The number of nitrogens with zero attached hydrogens (tertiary/aromatic N) is 3. The number of nitrogens with one attached hydrogen (secondary N) is 2. The van der Waals surface area contributed by atoms with E-state index in [1.54, 1.807) is 24.4 Å². The lowest BCUT2D eigenvalue weighted by molar-refractivity contribution is -0.0136. The Kier molecular flexibility index (Phi) is 4.49. The van der Waals surface area contributed by atoms with E-state index in [0.717, 1.165) is 11.2 Å². The number of aromatic nitrogens is 4. The smallest absolute Gasteiger partial charge is 0.251 e. The van der Waals surface area contributed by atoms with Crippen LogP contribution in [0.1, 0.15) is 22.5 Å². The van der Waals surface area contributed by atoms with Crippen molar-refractivity contribution in [3.63, 3.8) is 0 Å². The molecule has 2 aromatic heterocycles. The molecule has 1 aromatic carbocycles. The van der Waals surface area contributed by atoms with Crippen molar-refractivity contribution < 1.29 is 14.3 Å². The molecule has 3 aromatic rings. The summed E-state index contributed by atoms with van der Waals surface area (Å²) in [5.41, 5.74) is 2.84. The number of carbonyl (C=O) groups excluding carboxylic acids is 1. The van der Waals surface area contributed by atoms with Gasteiger partial charge in [-0.3, -0.25) is 9.78 Å². The number of ether oxygens (including phenoxy) is 2. The zero-order valence-corrected chi connectivity index (χ0v) is 14.3. The number of rotatable bonds is 4. The second kappa shape index (κ2) is 7.09. The first kappa shape index (κ1) is 16.5. The molecule has 0 unspecified atom stereocenters. The van der Waals surface area contributed by atoms with Gasteiger partial charge in [-0.2, -0.15) is 15.4 Å². The lowest BCUT2D eigenvalue weighted by Crippen LogP contribution is -2.51. The number of aromatic amines is 1. The Bertz CT molecular complexity index is 909. The average Bonchev–Trinajstić information content (AvgIpc) is 3.13. The molecule has 1 aliphatic rings. The maximum atomic E-state index is 12.6. The maximum absolute atomic E-state index is 12.6. The Morgan fingerprint density at radius 1 is 1.27 bits per heavy atom. The molecule has 1 amide bonds. The number of hydrogen-bond acceptors (Lipinski definition) is 6. The van der Waals surface area contributed by atoms with Crippen molar-refractivity contribution in [3.05, 3.63) is 47.8 Å². The number of H-pyrrole nitrogens is 1. The van der Waals surface area contributed by atoms with E-state index in [2.05, 4.69) is 25.7 Å². The van der Waals surface area contributed by atoms with E-state index < -0.39 is 0 Å². The lowest BCUT2D eigenvalue weighted by atomic mass is 10.0. The number of pyridine rings is 1. The normalized spacial score (nSPS) is 20.0. The van der Waals surface area contributed by atoms with Crippen LogP contribution in [0.2, 0.25) is 0 Å². The summed E-state index contributed by atoms with van der Waals surface area (Å²) >= 11 is 0. The molecule has 0 saturated carbocycles. The van der Waals surface area contributed by atoms with E-state index in [1.807, 2.05) is 19.1 Å². The first-order valence-electron chi connectivity index (χ1n) is 8.47. The summed E-state index contributed by atoms with van der Waals surface area (Å²) in [6, 6.07) is 8.83. The fourth-order valence-corrected chi connectivity index (χ4v) is 2.93. The molecule has 4 rings (SSSR count). The first-order valence-corrected chi connectivity index (χ1v) is 8.47. The van der Waals surface area contributed by atoms with Gasteiger partial charge in [-0.1, -0.05) is 0 Å². The monoisotopic (exact) mass is 353 g/mol. The molecule has 26 heavy (non-hydrogen) atoms. The van der Waals surface area contributed by atoms with Crippen molar-refractivity contribution in [1.29, 1.82) is 0 Å². The summed E-state index contributed by atoms with van der Waals surface area (Å²) < 4.78 is 11.5. The standard InChI is InChI=1S/C18H19N5O3/c1-11-2-4-13(9-19-11)26-17-10-25-7-6-15(17)20-18(24)12-3-5-14-16(8-12)22-23-21-14/h2-5,8-9,15,17H,6-7,10H2,1H3,(H,20,24)(H,21,22,23)/t15-,17+/m1/s1. The van der Waals surface area contributed by atoms with Crippen molar-refractivity contribution >= 4 is 16.9 Å². The van der Waals surface area contributed by atoms with Gasteiger partial charge < -0.3 is 14.8 Å². The zero-order valence-electron chi connectivity index (χ0n) is 14.3. The second-order valence-electron chi connectivity index (χ2n) is 6.26. The van der Waals surface area contributed by atoms with Gasteiger partial charge in [0, 0.05) is 17.9 Å². The van der Waals surface area contributed by atoms with Crippen LogP contribution in [0.4, 0.5) is 0 Å². The van der Waals surface area contributed by atoms with Crippen LogP contribution in [-0.2, 0) is 4.74 Å². The van der Waals surface area contributed by atoms with Crippen LogP contribution in [0.5, 0.6) is 5.75 Å². The molecule has 1 fully saturated rings. The molecule has 0 spiro atoms. The van der Waals surface area contributed by atoms with Gasteiger partial charge >= 0.3 is 0 Å². The highest BCUT2D eigenvalue weighted by Crippen LogP contribution is 2.18. The van der Waals surface area contributed by atoms with Gasteiger partial charge in [0.05, 0.1) is 18.8 Å². The molecule has 1 aliphatic heterocycles. The Balaban J connectivity index is 1.47. The van der Waals surface area contributed by atoms with Gasteiger partial charge in [-0.15, -0.1) is 0 Å². The largest absolute Gasteiger partial charge is 0.484 e. The summed E-state index contributed by atoms with van der Waals surface area (Å²) in [5, 5.41) is 13.6. The van der Waals surface area contributed by atoms with Crippen LogP contribution in [0.15, 0.2) is 36.5 Å². The van der Waals surface area contributed by atoms with Crippen LogP contribution >= 0.6 is 0 Å². The molecular weight excluding hydrogens is 334 g/mol. The topological polar surface area (TPSA) is 102 Å². The van der Waals surface area contributed by atoms with E-state index >= 15 is 0 Å². The van der Waals surface area contributed by atoms with Gasteiger partial charge in [0.1, 0.15) is 22.9 Å². The number of fused-ring (bicyclic) bond motifs is 1. The van der Waals surface area contributed by atoms with Gasteiger partial charge in [0.25, 0.3) is 5.91 Å². The van der Waals surface area contributed by atoms with Crippen LogP contribution < -0.4 is 10.1 Å². The number of hydrogen-bond donors (Lipinski definition) is 2. The molecule has 0 radical (unpaired) electrons. The summed E-state index contributed by atoms with van der Waals surface area (Å²) in [6.07, 6.45) is 2.09. The fourth-order valence-electron chi connectivity index (χ4n) is 2.93. The van der Waals surface area contributed by atoms with Gasteiger partial charge in [-0.05, 0) is 43.7 Å². The van der Waals surface area contributed by atoms with Crippen LogP contribution in [-0.4, -0.2) is 51.7 Å². The third kappa shape index (κ3) is 3.50. The molecule has 0 aliphatic carbocycles. The summed E-state index contributed by atoms with van der Waals surface area (Å²) in [7, 11) is 0. The van der Waals surface area contributed by atoms with Crippen molar-refractivity contribution in [2.24, 2.45) is 0 Å². The second-order valence-corrected chi connectivity index (χ2v) is 6.26. The van der Waals surface area contributed by atoms with Crippen molar-refractivity contribution in [1.82, 2.24) is 25.7 Å². The number of aryl methyl sites for hydroxylation is 1. The molecule has 134 valence electrons. The molecule has 2 atom stereocenters. The highest BCUT2D eigenvalue weighted by atomic mass is 16.5. The van der Waals surface area contributed by atoms with Crippen molar-refractivity contribution in [2.45, 2.75) is 25.5 Å². The highest BCUT2D eigenvalue weighted by Gasteiger charge is 2.29. The molecule has 8 heteroatoms. The summed E-state index contributed by atoms with van der Waals surface area (Å²) in [6.45, 7) is 2.92. The van der Waals surface area contributed by atoms with Crippen LogP contribution in [0.25, 0.3) is 11.0 Å². The molecular formula is C18H19N5O3. The Hall–Kier alpha value is -3.00. The maximum Gasteiger partial charge on any atom is 0.251 e. The van der Waals surface area contributed by atoms with Gasteiger partial charge in [0.2, 0.25) is 0 Å². The highest BCUT2D eigenvalue weighted by molar-refractivity contribution is 5.97. The molecule has 0 bridgehead atoms. The average molecular weight is 353 g/mol. The Labute approximate surface area is 149 Å². The van der Waals surface area contributed by atoms with Crippen molar-refractivity contribution in [3.8, 4) is 5.75 Å². The predicted molar refractivity (Wildman–Crippen MR) is 94.0 cm³/mol. The van der Waals surface area contributed by atoms with E-state index in [9.17, 15) is 4.79 Å². The third-order valence-corrected chi connectivity index (χ3v) is 4.37. The van der Waals surface area contributed by atoms with Crippen LogP contribution in [0, 0.1) is 6.92 Å². The summed E-state index contributed by atoms with van der Waals surface area (Å²) in [5.74, 6) is 0.492. The molecule has 1 saturated heterocycles. The van der Waals surface area contributed by atoms with E-state index in [4.69, 9.17) is 9.47 Å². The molecule has 3 heterocycles. The third-order valence-electron chi connectivity index (χ3n) is 4.37. The Morgan fingerprint density at radius 2 is 2.15 bits per heavy atom. The lowest BCUT2D eigenvalue weighted by Gasteiger charge is -2.32. The minimum Gasteiger partial charge on any atom is -0.484 e. The van der Waals surface area contributed by atoms with Crippen molar-refractivity contribution in [2.75, 3.05) is 13.2 Å². The zero-order chi connectivity index (χ0) is 17.9. The Morgan fingerprint density at radius 3 is 3.00 bits per heavy atom. The molecule has 8 nitrogen and oxygen atoms in total. The molecule has 2 N–H and O–H groups in total.